The summed E-state index contributed by atoms with van der Waals surface area (Å²) in [4.78, 5) is 14.6. The van der Waals surface area contributed by atoms with Crippen LogP contribution in [0.3, 0.4) is 0 Å². The van der Waals surface area contributed by atoms with Crippen LogP contribution >= 0.6 is 0 Å². The third-order valence-corrected chi connectivity index (χ3v) is 4.48. The minimum absolute atomic E-state index is 0.0118. The van der Waals surface area contributed by atoms with Crippen molar-refractivity contribution in [1.82, 2.24) is 15.5 Å². The van der Waals surface area contributed by atoms with E-state index in [0.717, 1.165) is 37.5 Å². The first-order chi connectivity index (χ1) is 11.3. The molecule has 6 nitrogen and oxygen atoms in total. The zero-order valence-electron chi connectivity index (χ0n) is 13.6. The number of nitrogens with one attached hydrogen (secondary N) is 2. The number of methoxy groups -OCH3 is 1. The average Bonchev–Trinajstić information content (AvgIpc) is 2.57. The number of rotatable bonds is 6. The number of ether oxygens (including phenoxy) is 2. The van der Waals surface area contributed by atoms with Crippen LogP contribution in [0.15, 0.2) is 24.3 Å². The molecule has 2 saturated heterocycles. The molecule has 0 bridgehead atoms. The monoisotopic (exact) mass is 319 g/mol. The minimum atomic E-state index is 0.0118. The number of amides is 1. The van der Waals surface area contributed by atoms with E-state index in [2.05, 4.69) is 10.6 Å². The third kappa shape index (κ3) is 3.83. The van der Waals surface area contributed by atoms with Crippen LogP contribution in [0.5, 0.6) is 5.75 Å². The summed E-state index contributed by atoms with van der Waals surface area (Å²) in [6, 6.07) is 7.93. The van der Waals surface area contributed by atoms with Gasteiger partial charge in [-0.3, -0.25) is 4.79 Å². The summed E-state index contributed by atoms with van der Waals surface area (Å²) >= 11 is 0. The summed E-state index contributed by atoms with van der Waals surface area (Å²) in [5.74, 6) is 0.977. The van der Waals surface area contributed by atoms with Crippen LogP contribution in [0.25, 0.3) is 0 Å². The smallest absolute Gasteiger partial charge is 0.225 e. The summed E-state index contributed by atoms with van der Waals surface area (Å²) in [7, 11) is 1.67. The summed E-state index contributed by atoms with van der Waals surface area (Å²) < 4.78 is 11.1. The molecule has 0 aromatic heterocycles. The Hall–Kier alpha value is -1.63. The number of para-hydroxylation sites is 1. The van der Waals surface area contributed by atoms with E-state index in [-0.39, 0.29) is 18.1 Å². The van der Waals surface area contributed by atoms with E-state index in [1.54, 1.807) is 7.11 Å². The summed E-state index contributed by atoms with van der Waals surface area (Å²) in [6.07, 6.45) is 0.707. The molecule has 2 aliphatic rings. The van der Waals surface area contributed by atoms with Crippen LogP contribution in [0.4, 0.5) is 0 Å². The Balaban J connectivity index is 1.64. The molecule has 23 heavy (non-hydrogen) atoms. The van der Waals surface area contributed by atoms with Gasteiger partial charge >= 0.3 is 0 Å². The van der Waals surface area contributed by atoms with E-state index in [1.165, 1.54) is 0 Å². The zero-order valence-corrected chi connectivity index (χ0v) is 13.6. The van der Waals surface area contributed by atoms with Gasteiger partial charge < -0.3 is 25.0 Å². The summed E-state index contributed by atoms with van der Waals surface area (Å²) in [5.41, 5.74) is 1.06. The van der Waals surface area contributed by atoms with Gasteiger partial charge in [0.15, 0.2) is 0 Å². The molecule has 2 N–H and O–H groups in total. The molecular formula is C17H25N3O3. The lowest BCUT2D eigenvalue weighted by Gasteiger charge is -2.37. The first kappa shape index (κ1) is 16.2. The van der Waals surface area contributed by atoms with Crippen molar-refractivity contribution >= 4 is 5.91 Å². The molecule has 126 valence electrons. The van der Waals surface area contributed by atoms with E-state index in [9.17, 15) is 4.79 Å². The number of nitrogens with zero attached hydrogens (tertiary/aromatic N) is 1. The van der Waals surface area contributed by atoms with Gasteiger partial charge in [0.2, 0.25) is 5.91 Å². The second kappa shape index (κ2) is 7.77. The van der Waals surface area contributed by atoms with Crippen molar-refractivity contribution in [3.63, 3.8) is 0 Å². The predicted octanol–water partition coefficient (Wildman–Crippen LogP) is 0.547. The maximum atomic E-state index is 12.6. The van der Waals surface area contributed by atoms with Gasteiger partial charge in [-0.1, -0.05) is 18.2 Å². The van der Waals surface area contributed by atoms with E-state index >= 15 is 0 Å². The Morgan fingerprint density at radius 2 is 2.09 bits per heavy atom. The predicted molar refractivity (Wildman–Crippen MR) is 87.5 cm³/mol. The van der Waals surface area contributed by atoms with Crippen LogP contribution in [-0.4, -0.2) is 63.4 Å². The Labute approximate surface area is 137 Å². The first-order valence-corrected chi connectivity index (χ1v) is 8.25. The normalized spacial score (nSPS) is 21.8. The van der Waals surface area contributed by atoms with Crippen LogP contribution in [0.2, 0.25) is 0 Å². The lowest BCUT2D eigenvalue weighted by Crippen LogP contribution is -2.50. The molecule has 2 aliphatic heterocycles. The maximum absolute atomic E-state index is 12.6. The Kier molecular flexibility index (Phi) is 5.48. The largest absolute Gasteiger partial charge is 0.496 e. The SMILES string of the molecule is COc1ccccc1C1CNCCN1C(=O)CCOC1CNC1. The van der Waals surface area contributed by atoms with Crippen LogP contribution in [-0.2, 0) is 9.53 Å². The van der Waals surface area contributed by atoms with Gasteiger partial charge in [-0.25, -0.2) is 0 Å². The quantitative estimate of drug-likeness (QED) is 0.802. The Morgan fingerprint density at radius 3 is 2.83 bits per heavy atom. The van der Waals surface area contributed by atoms with Crippen molar-refractivity contribution in [3.8, 4) is 5.75 Å². The molecule has 0 saturated carbocycles. The second-order valence-corrected chi connectivity index (χ2v) is 5.95. The topological polar surface area (TPSA) is 62.8 Å². The van der Waals surface area contributed by atoms with E-state index in [0.29, 0.717) is 19.6 Å². The number of carbonyl (C=O) groups is 1. The van der Waals surface area contributed by atoms with Crippen LogP contribution in [0.1, 0.15) is 18.0 Å². The van der Waals surface area contributed by atoms with E-state index in [4.69, 9.17) is 9.47 Å². The first-order valence-electron chi connectivity index (χ1n) is 8.25. The molecular weight excluding hydrogens is 294 g/mol. The van der Waals surface area contributed by atoms with Gasteiger partial charge in [0, 0.05) is 38.3 Å². The van der Waals surface area contributed by atoms with E-state index in [1.807, 2.05) is 29.2 Å². The summed E-state index contributed by atoms with van der Waals surface area (Å²) in [6.45, 7) is 4.57. The fraction of sp³-hybridized carbons (Fsp3) is 0.588. The van der Waals surface area contributed by atoms with Gasteiger partial charge in [-0.05, 0) is 6.07 Å². The van der Waals surface area contributed by atoms with Gasteiger partial charge in [-0.2, -0.15) is 0 Å². The average molecular weight is 319 g/mol. The molecule has 2 fully saturated rings. The minimum Gasteiger partial charge on any atom is -0.496 e. The standard InChI is InChI=1S/C17H25N3O3/c1-22-16-5-3-2-4-14(16)15-12-18-7-8-20(15)17(21)6-9-23-13-10-19-11-13/h2-5,13,15,18-19H,6-12H2,1H3. The third-order valence-electron chi connectivity index (χ3n) is 4.48. The van der Waals surface area contributed by atoms with Gasteiger partial charge in [0.05, 0.1) is 32.3 Å². The highest BCUT2D eigenvalue weighted by atomic mass is 16.5. The molecule has 1 unspecified atom stereocenters. The van der Waals surface area contributed by atoms with Gasteiger partial charge in [0.1, 0.15) is 5.75 Å². The highest BCUT2D eigenvalue weighted by molar-refractivity contribution is 5.77. The van der Waals surface area contributed by atoms with Gasteiger partial charge in [0.25, 0.3) is 0 Å². The van der Waals surface area contributed by atoms with Crippen molar-refractivity contribution in [2.75, 3.05) is 46.4 Å². The highest BCUT2D eigenvalue weighted by Crippen LogP contribution is 2.30. The van der Waals surface area contributed by atoms with Crippen molar-refractivity contribution in [2.24, 2.45) is 0 Å². The lowest BCUT2D eigenvalue weighted by molar-refractivity contribution is -0.136. The number of hydrogen-bond acceptors (Lipinski definition) is 5. The van der Waals surface area contributed by atoms with Crippen molar-refractivity contribution in [2.45, 2.75) is 18.6 Å². The molecule has 0 spiro atoms. The van der Waals surface area contributed by atoms with Crippen molar-refractivity contribution in [3.05, 3.63) is 29.8 Å². The fourth-order valence-corrected chi connectivity index (χ4v) is 3.06. The summed E-state index contributed by atoms with van der Waals surface area (Å²) in [5, 5.41) is 6.53. The highest BCUT2D eigenvalue weighted by Gasteiger charge is 2.29. The Bertz CT molecular complexity index is 534. The zero-order chi connectivity index (χ0) is 16.1. The maximum Gasteiger partial charge on any atom is 0.225 e. The molecule has 2 heterocycles. The molecule has 3 rings (SSSR count). The molecule has 1 atom stereocenters. The van der Waals surface area contributed by atoms with Crippen LogP contribution < -0.4 is 15.4 Å². The molecule has 1 aromatic rings. The molecule has 0 aliphatic carbocycles. The second-order valence-electron chi connectivity index (χ2n) is 5.95. The van der Waals surface area contributed by atoms with Crippen molar-refractivity contribution < 1.29 is 14.3 Å². The molecule has 6 heteroatoms. The Morgan fingerprint density at radius 1 is 1.26 bits per heavy atom. The molecule has 0 radical (unpaired) electrons. The van der Waals surface area contributed by atoms with Crippen LogP contribution in [0, 0.1) is 0 Å². The number of hydrogen-bond donors (Lipinski definition) is 2. The molecule has 1 aromatic carbocycles. The van der Waals surface area contributed by atoms with E-state index < -0.39 is 0 Å². The number of benzene rings is 1. The molecule has 1 amide bonds. The van der Waals surface area contributed by atoms with Crippen molar-refractivity contribution in [1.29, 1.82) is 0 Å². The number of piperazine rings is 1. The lowest BCUT2D eigenvalue weighted by atomic mass is 10.0. The fourth-order valence-electron chi connectivity index (χ4n) is 3.06. The van der Waals surface area contributed by atoms with Gasteiger partial charge in [-0.15, -0.1) is 0 Å². The number of carbonyl (C=O) groups excluding carboxylic acids is 1.